The van der Waals surface area contributed by atoms with Crippen LogP contribution < -0.4 is 5.32 Å². The molecular weight excluding hydrogens is 268 g/mol. The van der Waals surface area contributed by atoms with Gasteiger partial charge >= 0.3 is 12.0 Å². The minimum absolute atomic E-state index is 0.129. The van der Waals surface area contributed by atoms with Crippen molar-refractivity contribution in [2.45, 2.75) is 27.2 Å². The lowest BCUT2D eigenvalue weighted by atomic mass is 10.0. The Morgan fingerprint density at radius 1 is 1.24 bits per heavy atom. The number of aromatic carboxylic acids is 1. The zero-order valence-corrected chi connectivity index (χ0v) is 12.6. The third-order valence-electron chi connectivity index (χ3n) is 3.67. The van der Waals surface area contributed by atoms with E-state index in [0.717, 1.165) is 17.5 Å². The zero-order valence-electron chi connectivity index (χ0n) is 12.6. The van der Waals surface area contributed by atoms with Gasteiger partial charge in [-0.2, -0.15) is 0 Å². The average Bonchev–Trinajstić information content (AvgIpc) is 2.41. The van der Waals surface area contributed by atoms with Gasteiger partial charge in [0, 0.05) is 13.1 Å². The molecule has 1 heterocycles. The third-order valence-corrected chi connectivity index (χ3v) is 3.67. The molecule has 0 spiro atoms. The average molecular weight is 288 g/mol. The van der Waals surface area contributed by atoms with Gasteiger partial charge in [-0.3, -0.25) is 0 Å². The van der Waals surface area contributed by atoms with E-state index in [0.29, 0.717) is 18.8 Å². The molecule has 5 nitrogen and oxygen atoms in total. The minimum atomic E-state index is -1.04. The summed E-state index contributed by atoms with van der Waals surface area (Å²) in [6.07, 6.45) is 2.87. The summed E-state index contributed by atoms with van der Waals surface area (Å²) >= 11 is 0. The smallest absolute Gasteiger partial charge is 0.337 e. The SMILES string of the molecule is CC1=CCN(C(=O)Nc2c(C)cc(C)cc2C(=O)O)CC1. The number of carboxylic acids is 1. The predicted octanol–water partition coefficient (Wildman–Crippen LogP) is 3.19. The van der Waals surface area contributed by atoms with Crippen molar-refractivity contribution < 1.29 is 14.7 Å². The number of carbonyl (C=O) groups excluding carboxylic acids is 1. The molecule has 5 heteroatoms. The largest absolute Gasteiger partial charge is 0.478 e. The molecule has 0 fully saturated rings. The van der Waals surface area contributed by atoms with E-state index in [-0.39, 0.29) is 11.6 Å². The van der Waals surface area contributed by atoms with E-state index < -0.39 is 5.97 Å². The summed E-state index contributed by atoms with van der Waals surface area (Å²) < 4.78 is 0. The van der Waals surface area contributed by atoms with E-state index in [1.807, 2.05) is 26.0 Å². The van der Waals surface area contributed by atoms with E-state index >= 15 is 0 Å². The van der Waals surface area contributed by atoms with Crippen LogP contribution in [0.25, 0.3) is 0 Å². The van der Waals surface area contributed by atoms with Crippen LogP contribution in [0.5, 0.6) is 0 Å². The number of hydrogen-bond acceptors (Lipinski definition) is 2. The molecule has 1 aromatic carbocycles. The van der Waals surface area contributed by atoms with Crippen LogP contribution in [-0.2, 0) is 0 Å². The highest BCUT2D eigenvalue weighted by Crippen LogP contribution is 2.24. The first-order chi connectivity index (χ1) is 9.88. The van der Waals surface area contributed by atoms with Crippen LogP contribution in [0.2, 0.25) is 0 Å². The van der Waals surface area contributed by atoms with Crippen LogP contribution in [-0.4, -0.2) is 35.1 Å². The molecule has 1 aromatic rings. The molecular formula is C16H20N2O3. The first-order valence-electron chi connectivity index (χ1n) is 6.94. The van der Waals surface area contributed by atoms with Crippen molar-refractivity contribution in [3.05, 3.63) is 40.5 Å². The first-order valence-corrected chi connectivity index (χ1v) is 6.94. The predicted molar refractivity (Wildman–Crippen MR) is 81.8 cm³/mol. The fraction of sp³-hybridized carbons (Fsp3) is 0.375. The van der Waals surface area contributed by atoms with E-state index in [1.54, 1.807) is 17.9 Å². The molecule has 0 saturated heterocycles. The fourth-order valence-electron chi connectivity index (χ4n) is 2.44. The van der Waals surface area contributed by atoms with Gasteiger partial charge in [-0.1, -0.05) is 17.7 Å². The van der Waals surface area contributed by atoms with Gasteiger partial charge < -0.3 is 15.3 Å². The number of amides is 2. The molecule has 2 amide bonds. The molecule has 0 radical (unpaired) electrons. The van der Waals surface area contributed by atoms with Crippen molar-refractivity contribution in [2.24, 2.45) is 0 Å². The second-order valence-electron chi connectivity index (χ2n) is 5.49. The number of aryl methyl sites for hydroxylation is 2. The summed E-state index contributed by atoms with van der Waals surface area (Å²) in [7, 11) is 0. The second kappa shape index (κ2) is 5.99. The van der Waals surface area contributed by atoms with Gasteiger partial charge in [0.05, 0.1) is 11.3 Å². The standard InChI is InChI=1S/C16H20N2O3/c1-10-4-6-18(7-5-10)16(21)17-14-12(3)8-11(2)9-13(14)15(19)20/h4,8-9H,5-7H2,1-3H3,(H,17,21)(H,19,20). The molecule has 0 bridgehead atoms. The summed E-state index contributed by atoms with van der Waals surface area (Å²) in [5.41, 5.74) is 3.40. The van der Waals surface area contributed by atoms with Crippen LogP contribution in [0.3, 0.4) is 0 Å². The van der Waals surface area contributed by atoms with Crippen LogP contribution in [0, 0.1) is 13.8 Å². The van der Waals surface area contributed by atoms with E-state index in [2.05, 4.69) is 5.32 Å². The van der Waals surface area contributed by atoms with Crippen molar-refractivity contribution in [3.63, 3.8) is 0 Å². The Kier molecular flexibility index (Phi) is 4.31. The summed E-state index contributed by atoms with van der Waals surface area (Å²) in [6, 6.07) is 3.18. The summed E-state index contributed by atoms with van der Waals surface area (Å²) in [5.74, 6) is -1.04. The maximum absolute atomic E-state index is 12.3. The molecule has 2 rings (SSSR count). The van der Waals surface area contributed by atoms with Crippen LogP contribution in [0.15, 0.2) is 23.8 Å². The number of nitrogens with one attached hydrogen (secondary N) is 1. The lowest BCUT2D eigenvalue weighted by Gasteiger charge is -2.26. The molecule has 0 atom stereocenters. The van der Waals surface area contributed by atoms with Gasteiger partial charge in [0.15, 0.2) is 0 Å². The summed E-state index contributed by atoms with van der Waals surface area (Å²) in [4.78, 5) is 25.3. The van der Waals surface area contributed by atoms with E-state index in [1.165, 1.54) is 5.57 Å². The maximum Gasteiger partial charge on any atom is 0.337 e. The van der Waals surface area contributed by atoms with Crippen LogP contribution in [0.1, 0.15) is 34.8 Å². The number of anilines is 1. The van der Waals surface area contributed by atoms with E-state index in [9.17, 15) is 14.7 Å². The van der Waals surface area contributed by atoms with Gasteiger partial charge in [0.25, 0.3) is 0 Å². The monoisotopic (exact) mass is 288 g/mol. The first kappa shape index (κ1) is 15.1. The molecule has 0 unspecified atom stereocenters. The minimum Gasteiger partial charge on any atom is -0.478 e. The van der Waals surface area contributed by atoms with Gasteiger partial charge in [-0.05, 0) is 44.4 Å². The lowest BCUT2D eigenvalue weighted by molar-refractivity contribution is 0.0698. The van der Waals surface area contributed by atoms with Gasteiger partial charge in [0.1, 0.15) is 0 Å². The number of benzene rings is 1. The molecule has 1 aliphatic heterocycles. The third kappa shape index (κ3) is 3.42. The van der Waals surface area contributed by atoms with Crippen LogP contribution >= 0.6 is 0 Å². The molecule has 0 aliphatic carbocycles. The molecule has 112 valence electrons. The topological polar surface area (TPSA) is 69.6 Å². The summed E-state index contributed by atoms with van der Waals surface area (Å²) in [5, 5.41) is 12.0. The van der Waals surface area contributed by atoms with Gasteiger partial charge in [-0.15, -0.1) is 0 Å². The van der Waals surface area contributed by atoms with Crippen molar-refractivity contribution in [3.8, 4) is 0 Å². The zero-order chi connectivity index (χ0) is 15.6. The number of nitrogens with zero attached hydrogens (tertiary/aromatic N) is 1. The maximum atomic E-state index is 12.3. The number of carbonyl (C=O) groups is 2. The molecule has 1 aliphatic rings. The normalized spacial score (nSPS) is 14.6. The Labute approximate surface area is 124 Å². The van der Waals surface area contributed by atoms with Gasteiger partial charge in [-0.25, -0.2) is 9.59 Å². The quantitative estimate of drug-likeness (QED) is 0.821. The number of hydrogen-bond donors (Lipinski definition) is 2. The molecule has 21 heavy (non-hydrogen) atoms. The van der Waals surface area contributed by atoms with Crippen LogP contribution in [0.4, 0.5) is 10.5 Å². The molecule has 2 N–H and O–H groups in total. The molecule has 0 aromatic heterocycles. The fourth-order valence-corrected chi connectivity index (χ4v) is 2.44. The Bertz CT molecular complexity index is 620. The second-order valence-corrected chi connectivity index (χ2v) is 5.49. The highest BCUT2D eigenvalue weighted by molar-refractivity contribution is 6.01. The van der Waals surface area contributed by atoms with E-state index in [4.69, 9.17) is 0 Å². The highest BCUT2D eigenvalue weighted by atomic mass is 16.4. The number of rotatable bonds is 2. The Morgan fingerprint density at radius 3 is 2.52 bits per heavy atom. The molecule has 0 saturated carbocycles. The summed E-state index contributed by atoms with van der Waals surface area (Å²) in [6.45, 7) is 6.90. The Balaban J connectivity index is 2.23. The van der Waals surface area contributed by atoms with Crippen molar-refractivity contribution >= 4 is 17.7 Å². The van der Waals surface area contributed by atoms with Crippen molar-refractivity contribution in [2.75, 3.05) is 18.4 Å². The lowest BCUT2D eigenvalue weighted by Crippen LogP contribution is -2.38. The van der Waals surface area contributed by atoms with Gasteiger partial charge in [0.2, 0.25) is 0 Å². The number of urea groups is 1. The van der Waals surface area contributed by atoms with Crippen molar-refractivity contribution in [1.29, 1.82) is 0 Å². The highest BCUT2D eigenvalue weighted by Gasteiger charge is 2.20. The van der Waals surface area contributed by atoms with Crippen molar-refractivity contribution in [1.82, 2.24) is 4.90 Å². The Hall–Kier alpha value is -2.30. The Morgan fingerprint density at radius 2 is 1.95 bits per heavy atom. The number of carboxylic acid groups (broad SMARTS) is 1.